The van der Waals surface area contributed by atoms with Crippen molar-refractivity contribution in [3.63, 3.8) is 0 Å². The van der Waals surface area contributed by atoms with Crippen LogP contribution in [0.4, 0.5) is 11.4 Å². The molecule has 0 saturated heterocycles. The highest BCUT2D eigenvalue weighted by atomic mass is 16.4. The van der Waals surface area contributed by atoms with E-state index in [2.05, 4.69) is 4.98 Å². The van der Waals surface area contributed by atoms with Crippen LogP contribution in [0, 0.1) is 12.3 Å². The third-order valence-corrected chi connectivity index (χ3v) is 2.21. The Morgan fingerprint density at radius 2 is 2.12 bits per heavy atom. The quantitative estimate of drug-likeness (QED) is 0.523. The van der Waals surface area contributed by atoms with E-state index in [0.717, 1.165) is 0 Å². The van der Waals surface area contributed by atoms with Crippen LogP contribution in [0.3, 0.4) is 0 Å². The molecule has 2 aromatic rings. The van der Waals surface area contributed by atoms with Gasteiger partial charge in [0.25, 0.3) is 0 Å². The first-order chi connectivity index (χ1) is 7.58. The summed E-state index contributed by atoms with van der Waals surface area (Å²) < 4.78 is 5.26. The molecule has 0 spiro atoms. The number of aryl methyl sites for hydroxylation is 1. The molecule has 0 saturated carbocycles. The van der Waals surface area contributed by atoms with Gasteiger partial charge in [-0.05, 0) is 18.2 Å². The van der Waals surface area contributed by atoms with E-state index in [-0.39, 0.29) is 5.71 Å². The van der Waals surface area contributed by atoms with Crippen LogP contribution in [0.2, 0.25) is 0 Å². The lowest BCUT2D eigenvalue weighted by atomic mass is 10.1. The molecule has 0 atom stereocenters. The molecule has 0 radical (unpaired) electrons. The monoisotopic (exact) mass is 216 g/mol. The van der Waals surface area contributed by atoms with Gasteiger partial charge in [-0.2, -0.15) is 0 Å². The van der Waals surface area contributed by atoms with Crippen LogP contribution in [0.15, 0.2) is 28.8 Å². The van der Waals surface area contributed by atoms with Crippen molar-refractivity contribution in [1.82, 2.24) is 4.98 Å². The Hall–Kier alpha value is -2.30. The van der Waals surface area contributed by atoms with Crippen molar-refractivity contribution in [2.24, 2.45) is 0 Å². The fraction of sp³-hybridized carbons (Fsp3) is 0.0909. The number of hydrogen-bond donors (Lipinski definition) is 3. The van der Waals surface area contributed by atoms with Crippen molar-refractivity contribution in [3.05, 3.63) is 41.6 Å². The van der Waals surface area contributed by atoms with Crippen molar-refractivity contribution >= 4 is 17.1 Å². The standard InChI is InChI=1S/C11H12N4O/c1-6-15-5-10(16-6)11(14)8-4-7(12)2-3-9(8)13/h2-5,14H,12-13H2,1H3. The smallest absolute Gasteiger partial charge is 0.191 e. The number of nitrogens with two attached hydrogens (primary N) is 2. The van der Waals surface area contributed by atoms with Gasteiger partial charge >= 0.3 is 0 Å². The fourth-order valence-electron chi connectivity index (χ4n) is 1.40. The zero-order chi connectivity index (χ0) is 11.7. The predicted molar refractivity (Wildman–Crippen MR) is 62.4 cm³/mol. The molecule has 1 aromatic carbocycles. The summed E-state index contributed by atoms with van der Waals surface area (Å²) in [6.07, 6.45) is 1.50. The Morgan fingerprint density at radius 1 is 1.38 bits per heavy atom. The van der Waals surface area contributed by atoms with Crippen LogP contribution >= 0.6 is 0 Å². The number of nitrogen functional groups attached to an aromatic ring is 2. The summed E-state index contributed by atoms with van der Waals surface area (Å²) in [6.45, 7) is 1.72. The summed E-state index contributed by atoms with van der Waals surface area (Å²) in [5, 5.41) is 7.95. The Labute approximate surface area is 92.6 Å². The minimum atomic E-state index is 0.186. The molecule has 5 N–H and O–H groups in total. The summed E-state index contributed by atoms with van der Waals surface area (Å²) >= 11 is 0. The molecule has 16 heavy (non-hydrogen) atoms. The molecule has 1 heterocycles. The number of hydrogen-bond acceptors (Lipinski definition) is 5. The fourth-order valence-corrected chi connectivity index (χ4v) is 1.40. The molecule has 5 nitrogen and oxygen atoms in total. The highest BCUT2D eigenvalue weighted by Gasteiger charge is 2.12. The summed E-state index contributed by atoms with van der Waals surface area (Å²) in [5.74, 6) is 0.900. The number of nitrogens with one attached hydrogen (secondary N) is 1. The first kappa shape index (κ1) is 10.2. The predicted octanol–water partition coefficient (Wildman–Crippen LogP) is 1.56. The molecule has 0 bridgehead atoms. The van der Waals surface area contributed by atoms with Gasteiger partial charge in [0.05, 0.1) is 6.20 Å². The average molecular weight is 216 g/mol. The molecule has 5 heteroatoms. The molecule has 0 aliphatic carbocycles. The molecule has 2 rings (SSSR count). The molecule has 0 fully saturated rings. The molecular weight excluding hydrogens is 204 g/mol. The lowest BCUT2D eigenvalue weighted by Gasteiger charge is -2.05. The SMILES string of the molecule is Cc1ncc(C(=N)c2cc(N)ccc2N)o1. The van der Waals surface area contributed by atoms with Crippen LogP contribution in [0.5, 0.6) is 0 Å². The average Bonchev–Trinajstić information content (AvgIpc) is 2.67. The molecule has 0 unspecified atom stereocenters. The number of rotatable bonds is 2. The summed E-state index contributed by atoms with van der Waals surface area (Å²) in [4.78, 5) is 3.94. The lowest BCUT2D eigenvalue weighted by molar-refractivity contribution is 0.513. The minimum Gasteiger partial charge on any atom is -0.439 e. The van der Waals surface area contributed by atoms with Gasteiger partial charge in [-0.15, -0.1) is 0 Å². The van der Waals surface area contributed by atoms with Crippen LogP contribution < -0.4 is 11.5 Å². The van der Waals surface area contributed by atoms with Gasteiger partial charge in [0.1, 0.15) is 5.71 Å². The first-order valence-corrected chi connectivity index (χ1v) is 4.74. The van der Waals surface area contributed by atoms with E-state index in [1.54, 1.807) is 25.1 Å². The highest BCUT2D eigenvalue weighted by molar-refractivity contribution is 6.12. The van der Waals surface area contributed by atoms with Crippen LogP contribution in [-0.4, -0.2) is 10.7 Å². The first-order valence-electron chi connectivity index (χ1n) is 4.74. The topological polar surface area (TPSA) is 102 Å². The summed E-state index contributed by atoms with van der Waals surface area (Å²) in [7, 11) is 0. The Balaban J connectivity index is 2.45. The van der Waals surface area contributed by atoms with E-state index >= 15 is 0 Å². The molecular formula is C11H12N4O. The van der Waals surface area contributed by atoms with Gasteiger partial charge in [-0.25, -0.2) is 4.98 Å². The number of anilines is 2. The van der Waals surface area contributed by atoms with Gasteiger partial charge in [0, 0.05) is 23.9 Å². The van der Waals surface area contributed by atoms with Gasteiger partial charge in [0.2, 0.25) is 0 Å². The maximum atomic E-state index is 7.95. The maximum Gasteiger partial charge on any atom is 0.191 e. The van der Waals surface area contributed by atoms with E-state index in [1.807, 2.05) is 0 Å². The second-order valence-electron chi connectivity index (χ2n) is 3.47. The van der Waals surface area contributed by atoms with Gasteiger partial charge < -0.3 is 15.9 Å². The van der Waals surface area contributed by atoms with E-state index in [4.69, 9.17) is 21.3 Å². The zero-order valence-electron chi connectivity index (χ0n) is 8.82. The summed E-state index contributed by atoms with van der Waals surface area (Å²) in [6, 6.07) is 5.01. The Kier molecular flexibility index (Phi) is 2.36. The zero-order valence-corrected chi connectivity index (χ0v) is 8.82. The van der Waals surface area contributed by atoms with Crippen molar-refractivity contribution in [2.45, 2.75) is 6.92 Å². The van der Waals surface area contributed by atoms with Crippen LogP contribution in [0.25, 0.3) is 0 Å². The minimum absolute atomic E-state index is 0.186. The number of oxazole rings is 1. The van der Waals surface area contributed by atoms with Crippen molar-refractivity contribution in [1.29, 1.82) is 5.41 Å². The van der Waals surface area contributed by atoms with Gasteiger partial charge in [0.15, 0.2) is 11.7 Å². The van der Waals surface area contributed by atoms with Gasteiger partial charge in [-0.1, -0.05) is 0 Å². The lowest BCUT2D eigenvalue weighted by Crippen LogP contribution is -2.05. The summed E-state index contributed by atoms with van der Waals surface area (Å²) in [5.41, 5.74) is 13.2. The van der Waals surface area contributed by atoms with E-state index in [0.29, 0.717) is 28.6 Å². The van der Waals surface area contributed by atoms with E-state index in [1.165, 1.54) is 6.20 Å². The number of nitrogens with zero attached hydrogens (tertiary/aromatic N) is 1. The molecule has 0 amide bonds. The maximum absolute atomic E-state index is 7.95. The molecule has 0 aliphatic heterocycles. The third-order valence-electron chi connectivity index (χ3n) is 2.21. The van der Waals surface area contributed by atoms with Crippen molar-refractivity contribution in [3.8, 4) is 0 Å². The molecule has 1 aromatic heterocycles. The van der Waals surface area contributed by atoms with Crippen molar-refractivity contribution < 1.29 is 4.42 Å². The Morgan fingerprint density at radius 3 is 2.75 bits per heavy atom. The van der Waals surface area contributed by atoms with Crippen LogP contribution in [0.1, 0.15) is 17.2 Å². The third kappa shape index (κ3) is 1.75. The normalized spacial score (nSPS) is 10.3. The second-order valence-corrected chi connectivity index (χ2v) is 3.47. The second kappa shape index (κ2) is 3.69. The Bertz CT molecular complexity index is 545. The highest BCUT2D eigenvalue weighted by Crippen LogP contribution is 2.19. The van der Waals surface area contributed by atoms with E-state index in [9.17, 15) is 0 Å². The number of aromatic nitrogens is 1. The molecule has 0 aliphatic rings. The van der Waals surface area contributed by atoms with Gasteiger partial charge in [-0.3, -0.25) is 5.41 Å². The number of benzene rings is 1. The van der Waals surface area contributed by atoms with E-state index < -0.39 is 0 Å². The molecule has 82 valence electrons. The van der Waals surface area contributed by atoms with Crippen molar-refractivity contribution in [2.75, 3.05) is 11.5 Å². The largest absolute Gasteiger partial charge is 0.439 e. The van der Waals surface area contributed by atoms with Crippen LogP contribution in [-0.2, 0) is 0 Å².